The number of methoxy groups -OCH3 is 1. The molecule has 206 valence electrons. The molecule has 1 saturated heterocycles. The van der Waals surface area contributed by atoms with Crippen LogP contribution in [-0.4, -0.2) is 80.4 Å². The maximum Gasteiger partial charge on any atom is 0.338 e. The second-order valence-corrected chi connectivity index (χ2v) is 12.0. The minimum Gasteiger partial charge on any atom is -0.466 e. The number of aliphatic imine (C=N–C) groups is 1. The second kappa shape index (κ2) is 12.6. The molecule has 1 aromatic carbocycles. The number of halogens is 2. The number of benzene rings is 1. The number of aromatic nitrogens is 1. The summed E-state index contributed by atoms with van der Waals surface area (Å²) in [5, 5.41) is 14.6. The van der Waals surface area contributed by atoms with Crippen molar-refractivity contribution in [2.45, 2.75) is 18.9 Å². The highest BCUT2D eigenvalue weighted by molar-refractivity contribution is 7.89. The van der Waals surface area contributed by atoms with Crippen LogP contribution in [0.5, 0.6) is 0 Å². The summed E-state index contributed by atoms with van der Waals surface area (Å²) in [6, 6.07) is 3.03. The third-order valence-corrected chi connectivity index (χ3v) is 9.29. The van der Waals surface area contributed by atoms with Crippen LogP contribution in [0.15, 0.2) is 46.0 Å². The fourth-order valence-corrected chi connectivity index (χ4v) is 6.71. The van der Waals surface area contributed by atoms with E-state index in [0.29, 0.717) is 34.9 Å². The molecule has 2 aromatic rings. The first-order valence-corrected chi connectivity index (χ1v) is 14.8. The van der Waals surface area contributed by atoms with Gasteiger partial charge in [0.1, 0.15) is 11.9 Å². The minimum atomic E-state index is -3.55. The molecule has 1 aromatic heterocycles. The molecular weight excluding hydrogens is 559 g/mol. The number of hydrogen-bond acceptors (Lipinski definition) is 10. The average Bonchev–Trinajstić information content (AvgIpc) is 3.45. The van der Waals surface area contributed by atoms with E-state index in [9.17, 15) is 17.6 Å². The third kappa shape index (κ3) is 6.41. The van der Waals surface area contributed by atoms with Crippen LogP contribution in [0.25, 0.3) is 0 Å². The van der Waals surface area contributed by atoms with Crippen LogP contribution in [0, 0.1) is 11.7 Å². The van der Waals surface area contributed by atoms with Crippen molar-refractivity contribution in [2.24, 2.45) is 10.9 Å². The zero-order chi connectivity index (χ0) is 27.3. The molecule has 0 spiro atoms. The van der Waals surface area contributed by atoms with Crippen LogP contribution in [-0.2, 0) is 24.3 Å². The second-order valence-electron chi connectivity index (χ2n) is 8.65. The molecule has 0 amide bonds. The van der Waals surface area contributed by atoms with E-state index in [4.69, 9.17) is 31.2 Å². The summed E-state index contributed by atoms with van der Waals surface area (Å²) in [5.74, 6) is -1.10. The molecule has 1 unspecified atom stereocenters. The van der Waals surface area contributed by atoms with Gasteiger partial charge in [0.05, 0.1) is 38.3 Å². The Morgan fingerprint density at radius 3 is 2.71 bits per heavy atom. The van der Waals surface area contributed by atoms with Gasteiger partial charge in [-0.15, -0.1) is 11.3 Å². The highest BCUT2D eigenvalue weighted by Crippen LogP contribution is 2.40. The number of piperidine rings is 1. The lowest BCUT2D eigenvalue weighted by Gasteiger charge is -2.36. The van der Waals surface area contributed by atoms with E-state index in [1.54, 1.807) is 11.6 Å². The Balaban J connectivity index is 1.65. The number of hydrogen-bond donors (Lipinski definition) is 2. The van der Waals surface area contributed by atoms with Gasteiger partial charge in [-0.2, -0.15) is 0 Å². The fraction of sp³-hybridized carbons (Fsp3) is 0.458. The molecule has 2 aliphatic rings. The highest BCUT2D eigenvalue weighted by atomic mass is 35.5. The van der Waals surface area contributed by atoms with Crippen LogP contribution in [0.3, 0.4) is 0 Å². The van der Waals surface area contributed by atoms with E-state index in [1.807, 2.05) is 0 Å². The Kier molecular flexibility index (Phi) is 9.50. The molecule has 38 heavy (non-hydrogen) atoms. The molecule has 0 bridgehead atoms. The van der Waals surface area contributed by atoms with Crippen molar-refractivity contribution >= 4 is 44.8 Å². The van der Waals surface area contributed by atoms with Crippen molar-refractivity contribution in [3.05, 3.63) is 62.5 Å². The normalized spacial score (nSPS) is 19.3. The highest BCUT2D eigenvalue weighted by Gasteiger charge is 2.38. The summed E-state index contributed by atoms with van der Waals surface area (Å²) in [5.41, 5.74) is 1.23. The standard InChI is InChI=1S/C24H28ClFN4O6S2/c1-35-24(32)19-20(15-4-7-30(8-5-15)38(33,34)13-11-36-10-9-31)28-22(23-27-6-12-37-23)29-21(19)17-3-2-16(26)14-18(17)25/h2-3,6,12,14-15,21,31H,4-5,7-11,13H2,1H3,(H,28,29). The Morgan fingerprint density at radius 2 is 2.08 bits per heavy atom. The van der Waals surface area contributed by atoms with Crippen LogP contribution in [0.4, 0.5) is 4.39 Å². The van der Waals surface area contributed by atoms with Crippen molar-refractivity contribution < 1.29 is 32.2 Å². The van der Waals surface area contributed by atoms with E-state index in [2.05, 4.69) is 10.3 Å². The largest absolute Gasteiger partial charge is 0.466 e. The quantitative estimate of drug-likeness (QED) is 0.321. The number of nitrogens with one attached hydrogen (secondary N) is 1. The molecular formula is C24H28ClFN4O6S2. The average molecular weight is 587 g/mol. The van der Waals surface area contributed by atoms with Crippen molar-refractivity contribution in [1.29, 1.82) is 0 Å². The van der Waals surface area contributed by atoms with Gasteiger partial charge in [0, 0.05) is 46.9 Å². The first-order chi connectivity index (χ1) is 18.2. The predicted molar refractivity (Wildman–Crippen MR) is 141 cm³/mol. The van der Waals surface area contributed by atoms with E-state index < -0.39 is 27.9 Å². The lowest BCUT2D eigenvalue weighted by atomic mass is 9.86. The number of rotatable bonds is 10. The number of aliphatic hydroxyl groups excluding tert-OH is 1. The SMILES string of the molecule is COC(=O)C1=C(C2CCN(S(=O)(=O)CCOCCO)CC2)NC(c2nccs2)=NC1c1ccc(F)cc1Cl. The number of sulfonamides is 1. The maximum atomic E-state index is 13.8. The monoisotopic (exact) mass is 586 g/mol. The molecule has 2 N–H and O–H groups in total. The number of allylic oxidation sites excluding steroid dienone is 1. The van der Waals surface area contributed by atoms with Crippen molar-refractivity contribution in [2.75, 3.05) is 45.8 Å². The lowest BCUT2D eigenvalue weighted by molar-refractivity contribution is -0.136. The Morgan fingerprint density at radius 1 is 1.32 bits per heavy atom. The van der Waals surface area contributed by atoms with Gasteiger partial charge in [-0.3, -0.25) is 4.99 Å². The van der Waals surface area contributed by atoms with Gasteiger partial charge in [-0.1, -0.05) is 17.7 Å². The topological polar surface area (TPSA) is 130 Å². The summed E-state index contributed by atoms with van der Waals surface area (Å²) in [6.45, 7) is 0.398. The molecule has 4 rings (SSSR count). The molecule has 14 heteroatoms. The predicted octanol–water partition coefficient (Wildman–Crippen LogP) is 2.50. The minimum absolute atomic E-state index is 0.00420. The van der Waals surface area contributed by atoms with Crippen molar-refractivity contribution in [3.63, 3.8) is 0 Å². The van der Waals surface area contributed by atoms with E-state index in [1.165, 1.54) is 41.0 Å². The van der Waals surface area contributed by atoms with Crippen LogP contribution in [0.2, 0.25) is 5.02 Å². The number of ether oxygens (including phenoxy) is 2. The van der Waals surface area contributed by atoms with Crippen LogP contribution in [0.1, 0.15) is 29.5 Å². The summed E-state index contributed by atoms with van der Waals surface area (Å²) >= 11 is 7.76. The third-order valence-electron chi connectivity index (χ3n) is 6.35. The molecule has 3 heterocycles. The first-order valence-electron chi connectivity index (χ1n) is 11.9. The number of amidine groups is 1. The molecule has 1 atom stereocenters. The number of carbonyl (C=O) groups excluding carboxylic acids is 1. The summed E-state index contributed by atoms with van der Waals surface area (Å²) in [6.07, 6.45) is 2.51. The zero-order valence-electron chi connectivity index (χ0n) is 20.6. The van der Waals surface area contributed by atoms with E-state index in [-0.39, 0.29) is 55.2 Å². The zero-order valence-corrected chi connectivity index (χ0v) is 23.0. The van der Waals surface area contributed by atoms with E-state index >= 15 is 0 Å². The summed E-state index contributed by atoms with van der Waals surface area (Å²) in [7, 11) is -2.28. The first kappa shape index (κ1) is 28.6. The number of esters is 1. The summed E-state index contributed by atoms with van der Waals surface area (Å²) < 4.78 is 51.0. The molecule has 10 nitrogen and oxygen atoms in total. The molecule has 0 radical (unpaired) electrons. The van der Waals surface area contributed by atoms with Crippen LogP contribution < -0.4 is 5.32 Å². The van der Waals surface area contributed by atoms with Gasteiger partial charge in [0.25, 0.3) is 0 Å². The lowest BCUT2D eigenvalue weighted by Crippen LogP contribution is -2.44. The van der Waals surface area contributed by atoms with Gasteiger partial charge < -0.3 is 19.9 Å². The molecule has 1 fully saturated rings. The Bertz CT molecular complexity index is 1310. The molecule has 0 saturated carbocycles. The number of carbonyl (C=O) groups is 1. The Hall–Kier alpha value is -2.42. The van der Waals surface area contributed by atoms with Gasteiger partial charge in [0.15, 0.2) is 10.8 Å². The number of nitrogens with zero attached hydrogens (tertiary/aromatic N) is 3. The fourth-order valence-electron chi connectivity index (χ4n) is 4.50. The number of aliphatic hydroxyl groups is 1. The van der Waals surface area contributed by atoms with E-state index in [0.717, 1.165) is 0 Å². The van der Waals surface area contributed by atoms with Gasteiger partial charge in [-0.05, 0) is 25.0 Å². The smallest absolute Gasteiger partial charge is 0.338 e. The van der Waals surface area contributed by atoms with Gasteiger partial charge >= 0.3 is 5.97 Å². The molecule has 0 aliphatic carbocycles. The van der Waals surface area contributed by atoms with Crippen LogP contribution >= 0.6 is 22.9 Å². The van der Waals surface area contributed by atoms with Gasteiger partial charge in [-0.25, -0.2) is 26.9 Å². The van der Waals surface area contributed by atoms with Crippen molar-refractivity contribution in [3.8, 4) is 0 Å². The Labute approximate surface area is 229 Å². The van der Waals surface area contributed by atoms with Gasteiger partial charge in [0.2, 0.25) is 10.0 Å². The molecule has 2 aliphatic heterocycles. The maximum absolute atomic E-state index is 13.8. The summed E-state index contributed by atoms with van der Waals surface area (Å²) in [4.78, 5) is 22.2. The number of thiazole rings is 1. The van der Waals surface area contributed by atoms with Crippen molar-refractivity contribution in [1.82, 2.24) is 14.6 Å².